The average Bonchev–Trinajstić information content (AvgIpc) is 2.43. The van der Waals surface area contributed by atoms with Gasteiger partial charge in [0.1, 0.15) is 0 Å². The lowest BCUT2D eigenvalue weighted by molar-refractivity contribution is 0.0976. The molecule has 0 aliphatic heterocycles. The molecule has 0 saturated carbocycles. The Bertz CT molecular complexity index is 583. The molecule has 0 atom stereocenters. The summed E-state index contributed by atoms with van der Waals surface area (Å²) in [6, 6.07) is 7.48. The zero-order chi connectivity index (χ0) is 13.7. The quantitative estimate of drug-likeness (QED) is 0.498. The lowest BCUT2D eigenvalue weighted by atomic mass is 10.0. The molecule has 0 amide bonds. The average molecular weight is 275 g/mol. The highest BCUT2D eigenvalue weighted by atomic mass is 32.1. The maximum absolute atomic E-state index is 12.2. The van der Waals surface area contributed by atoms with Crippen molar-refractivity contribution in [2.45, 2.75) is 24.2 Å². The van der Waals surface area contributed by atoms with Gasteiger partial charge >= 0.3 is 0 Å². The van der Waals surface area contributed by atoms with E-state index in [1.807, 2.05) is 18.2 Å². The SMILES string of the molecule is COCCCCC(=O)c1ccnc2c(S)cccc12. The molecule has 3 nitrogen and oxygen atoms in total. The Morgan fingerprint density at radius 1 is 1.32 bits per heavy atom. The van der Waals surface area contributed by atoms with Crippen molar-refractivity contribution in [2.75, 3.05) is 13.7 Å². The molecule has 0 N–H and O–H groups in total. The van der Waals surface area contributed by atoms with Crippen LogP contribution in [-0.4, -0.2) is 24.5 Å². The number of Topliss-reactive ketones (excluding diaryl/α,β-unsaturated/α-hetero) is 1. The fourth-order valence-electron chi connectivity index (χ4n) is 2.07. The lowest BCUT2D eigenvalue weighted by Crippen LogP contribution is -2.02. The largest absolute Gasteiger partial charge is 0.385 e. The minimum absolute atomic E-state index is 0.155. The fraction of sp³-hybridized carbons (Fsp3) is 0.333. The van der Waals surface area contributed by atoms with E-state index in [9.17, 15) is 4.79 Å². The molecule has 2 aromatic rings. The van der Waals surface area contributed by atoms with E-state index in [0.29, 0.717) is 13.0 Å². The first-order valence-electron chi connectivity index (χ1n) is 6.33. The highest BCUT2D eigenvalue weighted by Crippen LogP contribution is 2.23. The molecule has 2 rings (SSSR count). The summed E-state index contributed by atoms with van der Waals surface area (Å²) in [5.41, 5.74) is 1.52. The number of fused-ring (bicyclic) bond motifs is 1. The number of hydrogen-bond acceptors (Lipinski definition) is 4. The zero-order valence-corrected chi connectivity index (χ0v) is 11.8. The van der Waals surface area contributed by atoms with Crippen LogP contribution in [0.15, 0.2) is 35.4 Å². The summed E-state index contributed by atoms with van der Waals surface area (Å²) in [4.78, 5) is 17.3. The number of rotatable bonds is 6. The number of carbonyl (C=O) groups excluding carboxylic acids is 1. The first kappa shape index (κ1) is 14.0. The Kier molecular flexibility index (Phi) is 4.93. The number of hydrogen-bond donors (Lipinski definition) is 1. The third-order valence-electron chi connectivity index (χ3n) is 3.05. The minimum Gasteiger partial charge on any atom is -0.385 e. The van der Waals surface area contributed by atoms with E-state index in [2.05, 4.69) is 17.6 Å². The molecule has 100 valence electrons. The molecule has 0 aliphatic carbocycles. The second-order valence-electron chi connectivity index (χ2n) is 4.40. The molecule has 0 spiro atoms. The third kappa shape index (κ3) is 3.33. The molecule has 1 heterocycles. The van der Waals surface area contributed by atoms with E-state index in [0.717, 1.165) is 34.2 Å². The Morgan fingerprint density at radius 2 is 2.16 bits per heavy atom. The van der Waals surface area contributed by atoms with E-state index in [1.54, 1.807) is 19.4 Å². The molecule has 4 heteroatoms. The van der Waals surface area contributed by atoms with Crippen molar-refractivity contribution in [3.63, 3.8) is 0 Å². The normalized spacial score (nSPS) is 10.8. The molecule has 0 bridgehead atoms. The summed E-state index contributed by atoms with van der Waals surface area (Å²) >= 11 is 4.37. The third-order valence-corrected chi connectivity index (χ3v) is 3.41. The molecule has 0 radical (unpaired) electrons. The minimum atomic E-state index is 0.155. The van der Waals surface area contributed by atoms with Crippen molar-refractivity contribution in [2.24, 2.45) is 0 Å². The summed E-state index contributed by atoms with van der Waals surface area (Å²) in [6.07, 6.45) is 3.96. The first-order valence-corrected chi connectivity index (χ1v) is 6.77. The van der Waals surface area contributed by atoms with Crippen molar-refractivity contribution >= 4 is 29.3 Å². The van der Waals surface area contributed by atoms with Crippen molar-refractivity contribution in [1.82, 2.24) is 4.98 Å². The number of carbonyl (C=O) groups is 1. The lowest BCUT2D eigenvalue weighted by Gasteiger charge is -2.06. The summed E-state index contributed by atoms with van der Waals surface area (Å²) in [7, 11) is 1.67. The van der Waals surface area contributed by atoms with Gasteiger partial charge in [-0.25, -0.2) is 0 Å². The van der Waals surface area contributed by atoms with Crippen LogP contribution in [0, 0.1) is 0 Å². The van der Waals surface area contributed by atoms with Crippen LogP contribution in [0.5, 0.6) is 0 Å². The van der Waals surface area contributed by atoms with Crippen LogP contribution in [0.4, 0.5) is 0 Å². The predicted octanol–water partition coefficient (Wildman–Crippen LogP) is 3.52. The van der Waals surface area contributed by atoms with Crippen molar-refractivity contribution in [1.29, 1.82) is 0 Å². The monoisotopic (exact) mass is 275 g/mol. The molecule has 0 aliphatic rings. The molecular formula is C15H17NO2S. The Morgan fingerprint density at radius 3 is 2.95 bits per heavy atom. The molecule has 1 aromatic carbocycles. The van der Waals surface area contributed by atoms with Gasteiger partial charge in [0.2, 0.25) is 0 Å². The number of nitrogens with zero attached hydrogens (tertiary/aromatic N) is 1. The van der Waals surface area contributed by atoms with Crippen molar-refractivity contribution in [3.05, 3.63) is 36.0 Å². The van der Waals surface area contributed by atoms with Crippen molar-refractivity contribution in [3.8, 4) is 0 Å². The molecule has 0 unspecified atom stereocenters. The fourth-order valence-corrected chi connectivity index (χ4v) is 2.33. The van der Waals surface area contributed by atoms with E-state index in [4.69, 9.17) is 4.74 Å². The number of pyridine rings is 1. The van der Waals surface area contributed by atoms with Gasteiger partial charge in [-0.1, -0.05) is 12.1 Å². The number of ketones is 1. The van der Waals surface area contributed by atoms with Crippen LogP contribution in [0.3, 0.4) is 0 Å². The van der Waals surface area contributed by atoms with Gasteiger partial charge in [-0.05, 0) is 25.0 Å². The zero-order valence-electron chi connectivity index (χ0n) is 10.9. The van der Waals surface area contributed by atoms with Crippen LogP contribution in [-0.2, 0) is 4.74 Å². The number of thiol groups is 1. The maximum atomic E-state index is 12.2. The summed E-state index contributed by atoms with van der Waals surface area (Å²) in [5.74, 6) is 0.155. The molecule has 1 aromatic heterocycles. The summed E-state index contributed by atoms with van der Waals surface area (Å²) in [5, 5.41) is 0.881. The van der Waals surface area contributed by atoms with Gasteiger partial charge < -0.3 is 4.74 Å². The van der Waals surface area contributed by atoms with Crippen LogP contribution >= 0.6 is 12.6 Å². The highest BCUT2D eigenvalue weighted by Gasteiger charge is 2.11. The summed E-state index contributed by atoms with van der Waals surface area (Å²) in [6.45, 7) is 0.700. The number of para-hydroxylation sites is 1. The smallest absolute Gasteiger partial charge is 0.163 e. The number of unbranched alkanes of at least 4 members (excludes halogenated alkanes) is 1. The van der Waals surface area contributed by atoms with Gasteiger partial charge in [-0.3, -0.25) is 9.78 Å². The van der Waals surface area contributed by atoms with E-state index < -0.39 is 0 Å². The second kappa shape index (κ2) is 6.68. The number of ether oxygens (including phenoxy) is 1. The first-order chi connectivity index (χ1) is 9.24. The molecule has 0 fully saturated rings. The van der Waals surface area contributed by atoms with E-state index >= 15 is 0 Å². The highest BCUT2D eigenvalue weighted by molar-refractivity contribution is 7.80. The van der Waals surface area contributed by atoms with Gasteiger partial charge in [0.15, 0.2) is 5.78 Å². The Labute approximate surface area is 118 Å². The molecule has 19 heavy (non-hydrogen) atoms. The van der Waals surface area contributed by atoms with Gasteiger partial charge in [0.05, 0.1) is 5.52 Å². The molecule has 0 saturated heterocycles. The summed E-state index contributed by atoms with van der Waals surface area (Å²) < 4.78 is 4.98. The molecular weight excluding hydrogens is 258 g/mol. The number of aromatic nitrogens is 1. The van der Waals surface area contributed by atoms with Gasteiger partial charge in [-0.2, -0.15) is 0 Å². The second-order valence-corrected chi connectivity index (χ2v) is 4.89. The number of methoxy groups -OCH3 is 1. The van der Waals surface area contributed by atoms with Crippen LogP contribution in [0.2, 0.25) is 0 Å². The Hall–Kier alpha value is -1.39. The van der Waals surface area contributed by atoms with Crippen LogP contribution in [0.1, 0.15) is 29.6 Å². The van der Waals surface area contributed by atoms with E-state index in [1.165, 1.54) is 0 Å². The van der Waals surface area contributed by atoms with Crippen LogP contribution in [0.25, 0.3) is 10.9 Å². The Balaban J connectivity index is 2.20. The standard InChI is InChI=1S/C15H17NO2S/c1-18-10-3-2-6-13(17)11-8-9-16-15-12(11)5-4-7-14(15)19/h4-5,7-9,19H,2-3,6,10H2,1H3. The van der Waals surface area contributed by atoms with Crippen LogP contribution < -0.4 is 0 Å². The van der Waals surface area contributed by atoms with Crippen molar-refractivity contribution < 1.29 is 9.53 Å². The van der Waals surface area contributed by atoms with E-state index in [-0.39, 0.29) is 5.78 Å². The van der Waals surface area contributed by atoms with Gasteiger partial charge in [0, 0.05) is 42.2 Å². The number of benzene rings is 1. The topological polar surface area (TPSA) is 39.2 Å². The van der Waals surface area contributed by atoms with Gasteiger partial charge in [-0.15, -0.1) is 12.6 Å². The maximum Gasteiger partial charge on any atom is 0.163 e. The predicted molar refractivity (Wildman–Crippen MR) is 79.1 cm³/mol. The van der Waals surface area contributed by atoms with Gasteiger partial charge in [0.25, 0.3) is 0 Å².